The molecule has 4 atom stereocenters. The number of ether oxygens (including phenoxy) is 1. The van der Waals surface area contributed by atoms with Crippen molar-refractivity contribution in [3.05, 3.63) is 24.2 Å². The van der Waals surface area contributed by atoms with Crippen molar-refractivity contribution in [3.63, 3.8) is 0 Å². The summed E-state index contributed by atoms with van der Waals surface area (Å²) >= 11 is 1.44. The third-order valence-corrected chi connectivity index (χ3v) is 7.58. The van der Waals surface area contributed by atoms with Crippen LogP contribution in [0.1, 0.15) is 19.1 Å². The fourth-order valence-electron chi connectivity index (χ4n) is 5.23. The zero-order valence-electron chi connectivity index (χ0n) is 17.2. The number of hydrogen-bond donors (Lipinski definition) is 1. The molecule has 0 saturated carbocycles. The first-order valence-corrected chi connectivity index (χ1v) is 11.2. The molecule has 3 aliphatic heterocycles. The van der Waals surface area contributed by atoms with Gasteiger partial charge < -0.3 is 23.7 Å². The van der Waals surface area contributed by atoms with Crippen LogP contribution in [0.3, 0.4) is 0 Å². The van der Waals surface area contributed by atoms with Crippen LogP contribution >= 0.6 is 11.8 Å². The number of likely N-dealkylation sites (tertiary alicyclic amines) is 2. The molecule has 1 spiro atoms. The Morgan fingerprint density at radius 2 is 2.23 bits per heavy atom. The molecular formula is C20H27N5O4S. The van der Waals surface area contributed by atoms with Gasteiger partial charge in [0.1, 0.15) is 17.7 Å². The van der Waals surface area contributed by atoms with Gasteiger partial charge >= 0.3 is 0 Å². The lowest BCUT2D eigenvalue weighted by molar-refractivity contribution is -0.139. The van der Waals surface area contributed by atoms with Gasteiger partial charge in [-0.2, -0.15) is 0 Å². The van der Waals surface area contributed by atoms with Crippen LogP contribution in [0.2, 0.25) is 0 Å². The van der Waals surface area contributed by atoms with Crippen LogP contribution in [0, 0.1) is 11.8 Å². The average molecular weight is 434 g/mol. The van der Waals surface area contributed by atoms with Crippen molar-refractivity contribution >= 4 is 17.7 Å². The number of hydrogen-bond acceptors (Lipinski definition) is 8. The highest BCUT2D eigenvalue weighted by Gasteiger charge is 2.62. The Balaban J connectivity index is 1.29. The fourth-order valence-corrected chi connectivity index (χ4v) is 5.98. The lowest BCUT2D eigenvalue weighted by atomic mass is 9.83. The van der Waals surface area contributed by atoms with Gasteiger partial charge in [-0.05, 0) is 23.9 Å². The summed E-state index contributed by atoms with van der Waals surface area (Å²) in [6.07, 6.45) is 2.16. The molecule has 3 fully saturated rings. The number of amides is 1. The van der Waals surface area contributed by atoms with Crippen LogP contribution in [0.15, 0.2) is 33.1 Å². The molecule has 2 aromatic heterocycles. The van der Waals surface area contributed by atoms with E-state index in [0.717, 1.165) is 29.1 Å². The Morgan fingerprint density at radius 1 is 1.37 bits per heavy atom. The summed E-state index contributed by atoms with van der Waals surface area (Å²) in [4.78, 5) is 16.5. The van der Waals surface area contributed by atoms with E-state index in [1.54, 1.807) is 6.33 Å². The predicted molar refractivity (Wildman–Crippen MR) is 108 cm³/mol. The quantitative estimate of drug-likeness (QED) is 0.721. The van der Waals surface area contributed by atoms with Crippen LogP contribution in [0.4, 0.5) is 0 Å². The summed E-state index contributed by atoms with van der Waals surface area (Å²) in [5.74, 6) is 1.30. The molecule has 5 rings (SSSR count). The summed E-state index contributed by atoms with van der Waals surface area (Å²) in [5, 5.41) is 19.6. The van der Waals surface area contributed by atoms with E-state index in [9.17, 15) is 9.90 Å². The van der Waals surface area contributed by atoms with Gasteiger partial charge in [0, 0.05) is 51.5 Å². The number of aliphatic hydroxyl groups excluding tert-OH is 1. The SMILES string of the molecule is CCC(=O)N1C[C@@H]2[C@H](CO)[C@H]3CN(Cc4ccc(Sc5nncn5C)o4)C[C@]2(C1)O3. The van der Waals surface area contributed by atoms with E-state index in [2.05, 4.69) is 15.1 Å². The van der Waals surface area contributed by atoms with E-state index in [-0.39, 0.29) is 36.1 Å². The highest BCUT2D eigenvalue weighted by Crippen LogP contribution is 2.49. The molecule has 0 aliphatic carbocycles. The third kappa shape index (κ3) is 3.35. The number of fused-ring (bicyclic) bond motifs is 1. The molecule has 0 aromatic carbocycles. The third-order valence-electron chi connectivity index (χ3n) is 6.61. The fraction of sp³-hybridized carbons (Fsp3) is 0.650. The number of aromatic nitrogens is 3. The van der Waals surface area contributed by atoms with Gasteiger partial charge in [-0.15, -0.1) is 10.2 Å². The number of carbonyl (C=O) groups excluding carboxylic acids is 1. The highest BCUT2D eigenvalue weighted by molar-refractivity contribution is 7.99. The zero-order chi connectivity index (χ0) is 20.9. The highest BCUT2D eigenvalue weighted by atomic mass is 32.2. The van der Waals surface area contributed by atoms with Crippen molar-refractivity contribution in [2.24, 2.45) is 18.9 Å². The van der Waals surface area contributed by atoms with Crippen LogP contribution in [-0.2, 0) is 23.1 Å². The minimum absolute atomic E-state index is 0.00456. The molecule has 0 unspecified atom stereocenters. The van der Waals surface area contributed by atoms with Crippen molar-refractivity contribution in [2.45, 2.75) is 41.8 Å². The van der Waals surface area contributed by atoms with E-state index in [1.165, 1.54) is 11.8 Å². The van der Waals surface area contributed by atoms with Crippen LogP contribution in [0.5, 0.6) is 0 Å². The van der Waals surface area contributed by atoms with E-state index in [0.29, 0.717) is 26.1 Å². The van der Waals surface area contributed by atoms with Gasteiger partial charge in [0.25, 0.3) is 0 Å². The molecule has 0 radical (unpaired) electrons. The number of furan rings is 1. The normalized spacial score (nSPS) is 30.8. The van der Waals surface area contributed by atoms with E-state index in [1.807, 2.05) is 35.6 Å². The second-order valence-corrected chi connectivity index (χ2v) is 9.49. The number of morpholine rings is 1. The maximum atomic E-state index is 12.3. The van der Waals surface area contributed by atoms with Crippen molar-refractivity contribution < 1.29 is 19.1 Å². The summed E-state index contributed by atoms with van der Waals surface area (Å²) in [7, 11) is 1.90. The van der Waals surface area contributed by atoms with Gasteiger partial charge in [-0.25, -0.2) is 0 Å². The topological polar surface area (TPSA) is 96.9 Å². The Bertz CT molecular complexity index is 932. The molecule has 5 heterocycles. The summed E-state index contributed by atoms with van der Waals surface area (Å²) < 4.78 is 14.3. The van der Waals surface area contributed by atoms with Crippen LogP contribution < -0.4 is 0 Å². The maximum absolute atomic E-state index is 12.3. The summed E-state index contributed by atoms with van der Waals surface area (Å²) in [6.45, 7) is 5.46. The first-order chi connectivity index (χ1) is 14.5. The molecule has 2 bridgehead atoms. The first-order valence-electron chi connectivity index (χ1n) is 10.4. The lowest BCUT2D eigenvalue weighted by Gasteiger charge is -2.40. The number of carbonyl (C=O) groups is 1. The maximum Gasteiger partial charge on any atom is 0.222 e. The van der Waals surface area contributed by atoms with Crippen LogP contribution in [-0.4, -0.2) is 80.1 Å². The smallest absolute Gasteiger partial charge is 0.222 e. The molecule has 1 amide bonds. The predicted octanol–water partition coefficient (Wildman–Crippen LogP) is 0.989. The summed E-state index contributed by atoms with van der Waals surface area (Å²) in [5.41, 5.74) is -0.385. The molecule has 162 valence electrons. The van der Waals surface area contributed by atoms with E-state index in [4.69, 9.17) is 9.15 Å². The molecule has 30 heavy (non-hydrogen) atoms. The summed E-state index contributed by atoms with van der Waals surface area (Å²) in [6, 6.07) is 3.95. The number of aliphatic hydroxyl groups is 1. The molecular weight excluding hydrogens is 406 g/mol. The van der Waals surface area contributed by atoms with Gasteiger partial charge in [-0.3, -0.25) is 9.69 Å². The molecule has 10 heteroatoms. The number of aryl methyl sites for hydroxylation is 1. The molecule has 1 N–H and O–H groups in total. The molecule has 2 aromatic rings. The van der Waals surface area contributed by atoms with Crippen molar-refractivity contribution in [2.75, 3.05) is 32.8 Å². The monoisotopic (exact) mass is 433 g/mol. The van der Waals surface area contributed by atoms with Gasteiger partial charge in [-0.1, -0.05) is 6.92 Å². The number of nitrogens with zero attached hydrogens (tertiary/aromatic N) is 5. The Labute approximate surface area is 179 Å². The van der Waals surface area contributed by atoms with E-state index < -0.39 is 0 Å². The van der Waals surface area contributed by atoms with Crippen LogP contribution in [0.25, 0.3) is 0 Å². The molecule has 3 aliphatic rings. The minimum atomic E-state index is -0.385. The Kier molecular flexibility index (Phi) is 5.12. The molecule has 9 nitrogen and oxygen atoms in total. The first kappa shape index (κ1) is 20.0. The standard InChI is InChI=1S/C20H27N5O4S/c1-3-17(27)25-7-15-14(9-26)16-8-24(10-20(15,11-25)29-16)6-13-4-5-18(28-13)30-19-22-21-12-23(19)2/h4-5,12,14-16,26H,3,6-11H2,1-2H3/t14-,15+,16+,20+/m0/s1. The van der Waals surface area contributed by atoms with Crippen molar-refractivity contribution in [1.82, 2.24) is 24.6 Å². The number of rotatable bonds is 6. The van der Waals surface area contributed by atoms with Gasteiger partial charge in [0.15, 0.2) is 10.2 Å². The Hall–Kier alpha value is -1.88. The van der Waals surface area contributed by atoms with Crippen molar-refractivity contribution in [1.29, 1.82) is 0 Å². The van der Waals surface area contributed by atoms with E-state index >= 15 is 0 Å². The zero-order valence-corrected chi connectivity index (χ0v) is 18.0. The van der Waals surface area contributed by atoms with Gasteiger partial charge in [0.2, 0.25) is 5.91 Å². The second kappa shape index (κ2) is 7.67. The minimum Gasteiger partial charge on any atom is -0.453 e. The Morgan fingerprint density at radius 3 is 2.97 bits per heavy atom. The van der Waals surface area contributed by atoms with Crippen molar-refractivity contribution in [3.8, 4) is 0 Å². The largest absolute Gasteiger partial charge is 0.453 e. The average Bonchev–Trinajstić information content (AvgIpc) is 3.46. The lowest BCUT2D eigenvalue weighted by Crippen LogP contribution is -2.54. The van der Waals surface area contributed by atoms with Gasteiger partial charge in [0.05, 0.1) is 19.2 Å². The second-order valence-electron chi connectivity index (χ2n) is 8.52. The molecule has 3 saturated heterocycles.